The minimum absolute atomic E-state index is 0.175. The van der Waals surface area contributed by atoms with Gasteiger partial charge in [0.2, 0.25) is 5.95 Å². The van der Waals surface area contributed by atoms with Crippen LogP contribution in [0.25, 0.3) is 0 Å². The zero-order chi connectivity index (χ0) is 30.3. The van der Waals surface area contributed by atoms with Crippen LogP contribution in [0.1, 0.15) is 29.9 Å². The van der Waals surface area contributed by atoms with Crippen LogP contribution < -0.4 is 4.90 Å². The number of ether oxygens (including phenoxy) is 1. The van der Waals surface area contributed by atoms with Gasteiger partial charge in [0.25, 0.3) is 0 Å². The van der Waals surface area contributed by atoms with Crippen molar-refractivity contribution in [2.24, 2.45) is 0 Å². The van der Waals surface area contributed by atoms with E-state index < -0.39 is 30.1 Å². The van der Waals surface area contributed by atoms with Gasteiger partial charge in [-0.1, -0.05) is 5.16 Å². The van der Waals surface area contributed by atoms with Crippen LogP contribution in [0.15, 0.2) is 16.9 Å². The Morgan fingerprint density at radius 1 is 0.975 bits per heavy atom. The number of hydrogen-bond acceptors (Lipinski definition) is 9. The maximum atomic E-state index is 13.1. The van der Waals surface area contributed by atoms with Crippen molar-refractivity contribution in [1.29, 1.82) is 0 Å². The predicted octanol–water partition coefficient (Wildman–Crippen LogP) is 3.36. The summed E-state index contributed by atoms with van der Waals surface area (Å²) in [5.74, 6) is -4.45. The van der Waals surface area contributed by atoms with E-state index in [4.69, 9.17) is 29.1 Å². The molecule has 0 saturated carbocycles. The molecule has 2 aromatic rings. The van der Waals surface area contributed by atoms with Gasteiger partial charge < -0.3 is 24.4 Å². The molecular weight excluding hydrogens is 563 g/mol. The van der Waals surface area contributed by atoms with Crippen LogP contribution in [0, 0.1) is 19.7 Å². The minimum atomic E-state index is -5.08. The molecule has 2 saturated heterocycles. The summed E-state index contributed by atoms with van der Waals surface area (Å²) in [4.78, 5) is 30.6. The number of piperidine rings is 1. The van der Waals surface area contributed by atoms with Gasteiger partial charge >= 0.3 is 24.3 Å². The number of rotatable bonds is 3. The number of alkyl halides is 6. The van der Waals surface area contributed by atoms with Crippen LogP contribution in [-0.2, 0) is 20.9 Å². The highest BCUT2D eigenvalue weighted by molar-refractivity contribution is 5.73. The van der Waals surface area contributed by atoms with Gasteiger partial charge in [0.15, 0.2) is 5.82 Å². The van der Waals surface area contributed by atoms with Crippen molar-refractivity contribution in [1.82, 2.24) is 20.0 Å². The summed E-state index contributed by atoms with van der Waals surface area (Å²) in [6, 6.07) is 0. The van der Waals surface area contributed by atoms with Crippen molar-refractivity contribution in [3.63, 3.8) is 0 Å². The Balaban J connectivity index is 0.000000333. The van der Waals surface area contributed by atoms with E-state index in [-0.39, 0.29) is 5.60 Å². The van der Waals surface area contributed by atoms with Crippen LogP contribution in [-0.4, -0.2) is 92.9 Å². The first-order chi connectivity index (χ1) is 18.4. The Kier molecular flexibility index (Phi) is 10.8. The molecule has 2 aliphatic heterocycles. The van der Waals surface area contributed by atoms with E-state index in [1.165, 1.54) is 18.0 Å². The van der Waals surface area contributed by atoms with E-state index in [2.05, 4.69) is 24.9 Å². The third-order valence-corrected chi connectivity index (χ3v) is 5.95. The van der Waals surface area contributed by atoms with Crippen molar-refractivity contribution in [2.75, 3.05) is 37.7 Å². The Labute approximate surface area is 222 Å². The van der Waals surface area contributed by atoms with Gasteiger partial charge in [-0.05, 0) is 26.7 Å². The summed E-state index contributed by atoms with van der Waals surface area (Å²) < 4.78 is 88.0. The lowest BCUT2D eigenvalue weighted by Crippen LogP contribution is -2.57. The van der Waals surface area contributed by atoms with Gasteiger partial charge in [-0.25, -0.2) is 23.9 Å². The summed E-state index contributed by atoms with van der Waals surface area (Å²) in [6.45, 7) is 8.86. The molecule has 0 bridgehead atoms. The molecule has 0 radical (unpaired) electrons. The van der Waals surface area contributed by atoms with Gasteiger partial charge in [0.05, 0.1) is 36.8 Å². The number of nitrogens with zero attached hydrogens (tertiary/aromatic N) is 5. The SMILES string of the molecule is Cc1noc(C)c1CN1CCC2(CC1)CN(c1ncc(F)cn1)CCO2.O=C(O)C(F)(F)F.O=C(O)C(F)(F)F. The highest BCUT2D eigenvalue weighted by Crippen LogP contribution is 2.32. The van der Waals surface area contributed by atoms with Crippen LogP contribution in [0.2, 0.25) is 0 Å². The van der Waals surface area contributed by atoms with E-state index in [1.54, 1.807) is 0 Å². The average molecular weight is 589 g/mol. The highest BCUT2D eigenvalue weighted by atomic mass is 19.4. The second-order valence-electron chi connectivity index (χ2n) is 8.84. The monoisotopic (exact) mass is 589 g/mol. The first kappa shape index (κ1) is 32.7. The summed E-state index contributed by atoms with van der Waals surface area (Å²) in [6.07, 6.45) is -5.82. The number of likely N-dealkylation sites (tertiary alicyclic amines) is 1. The molecule has 224 valence electrons. The lowest BCUT2D eigenvalue weighted by molar-refractivity contribution is -0.193. The molecule has 4 heterocycles. The zero-order valence-corrected chi connectivity index (χ0v) is 21.2. The molecule has 2 fully saturated rings. The molecule has 0 aliphatic carbocycles. The molecule has 11 nitrogen and oxygen atoms in total. The first-order valence-corrected chi connectivity index (χ1v) is 11.5. The summed E-state index contributed by atoms with van der Waals surface area (Å²) >= 11 is 0. The molecule has 2 aliphatic rings. The molecule has 0 unspecified atom stereocenters. The Hall–Kier alpha value is -3.54. The Morgan fingerprint density at radius 3 is 1.90 bits per heavy atom. The third kappa shape index (κ3) is 9.58. The number of anilines is 1. The standard InChI is InChI=1S/C18H24FN5O2.2C2HF3O2/c1-13-16(14(2)26-22-13)11-23-5-3-18(4-6-23)12-24(7-8-25-18)17-20-9-15(19)10-21-17;2*3-2(4,5)1(6)7/h9-10H,3-8,11-12H2,1-2H3;2*(H,6,7). The predicted molar refractivity (Wildman–Crippen MR) is 121 cm³/mol. The number of morpholine rings is 1. The highest BCUT2D eigenvalue weighted by Gasteiger charge is 2.41. The molecule has 1 spiro atoms. The number of carboxylic acid groups (broad SMARTS) is 2. The quantitative estimate of drug-likeness (QED) is 0.509. The molecule has 0 amide bonds. The Morgan fingerprint density at radius 2 is 1.48 bits per heavy atom. The van der Waals surface area contributed by atoms with Crippen LogP contribution in [0.4, 0.5) is 36.7 Å². The van der Waals surface area contributed by atoms with Crippen molar-refractivity contribution in [3.8, 4) is 0 Å². The molecular formula is C22H26F7N5O6. The van der Waals surface area contributed by atoms with Crippen molar-refractivity contribution < 1.29 is 59.8 Å². The van der Waals surface area contributed by atoms with Crippen molar-refractivity contribution >= 4 is 17.9 Å². The first-order valence-electron chi connectivity index (χ1n) is 11.5. The molecule has 18 heteroatoms. The third-order valence-electron chi connectivity index (χ3n) is 5.95. The topological polar surface area (TPSA) is 142 Å². The maximum Gasteiger partial charge on any atom is 0.490 e. The van der Waals surface area contributed by atoms with Gasteiger partial charge in [0.1, 0.15) is 5.76 Å². The number of carboxylic acids is 2. The Bertz CT molecular complexity index is 1090. The van der Waals surface area contributed by atoms with Gasteiger partial charge in [0, 0.05) is 31.7 Å². The van der Waals surface area contributed by atoms with Crippen molar-refractivity contribution in [2.45, 2.75) is 51.2 Å². The number of aromatic nitrogens is 3. The second kappa shape index (κ2) is 13.2. The maximum absolute atomic E-state index is 13.1. The number of hydrogen-bond donors (Lipinski definition) is 2. The fraction of sp³-hybridized carbons (Fsp3) is 0.591. The number of carbonyl (C=O) groups is 2. The van der Waals surface area contributed by atoms with E-state index in [0.29, 0.717) is 12.6 Å². The normalized spacial score (nSPS) is 17.4. The second-order valence-corrected chi connectivity index (χ2v) is 8.84. The fourth-order valence-corrected chi connectivity index (χ4v) is 3.86. The largest absolute Gasteiger partial charge is 0.490 e. The summed E-state index contributed by atoms with van der Waals surface area (Å²) in [7, 11) is 0. The molecule has 2 aromatic heterocycles. The summed E-state index contributed by atoms with van der Waals surface area (Å²) in [5, 5.41) is 18.3. The average Bonchev–Trinajstić information content (AvgIpc) is 3.18. The lowest BCUT2D eigenvalue weighted by atomic mass is 9.89. The van der Waals surface area contributed by atoms with Crippen LogP contribution >= 0.6 is 0 Å². The molecule has 40 heavy (non-hydrogen) atoms. The lowest BCUT2D eigenvalue weighted by Gasteiger charge is -2.47. The number of aryl methyl sites for hydroxylation is 2. The van der Waals surface area contributed by atoms with Gasteiger partial charge in [-0.3, -0.25) is 4.90 Å². The van der Waals surface area contributed by atoms with Crippen LogP contribution in [0.3, 0.4) is 0 Å². The van der Waals surface area contributed by atoms with Gasteiger partial charge in [-0.2, -0.15) is 26.3 Å². The van der Waals surface area contributed by atoms with Gasteiger partial charge in [-0.15, -0.1) is 0 Å². The van der Waals surface area contributed by atoms with E-state index in [1.807, 2.05) is 13.8 Å². The molecule has 0 atom stereocenters. The van der Waals surface area contributed by atoms with Crippen LogP contribution in [0.5, 0.6) is 0 Å². The fourth-order valence-electron chi connectivity index (χ4n) is 3.86. The molecule has 2 N–H and O–H groups in total. The van der Waals surface area contributed by atoms with E-state index in [9.17, 15) is 30.7 Å². The summed E-state index contributed by atoms with van der Waals surface area (Å²) in [5.41, 5.74) is 1.98. The van der Waals surface area contributed by atoms with E-state index in [0.717, 1.165) is 57.0 Å². The van der Waals surface area contributed by atoms with Crippen molar-refractivity contribution in [3.05, 3.63) is 35.2 Å². The number of aliphatic carboxylic acids is 2. The van der Waals surface area contributed by atoms with E-state index >= 15 is 0 Å². The minimum Gasteiger partial charge on any atom is -0.475 e. The number of halogens is 7. The zero-order valence-electron chi connectivity index (χ0n) is 21.2. The smallest absolute Gasteiger partial charge is 0.475 e. The molecule has 4 rings (SSSR count). The molecule has 0 aromatic carbocycles.